The van der Waals surface area contributed by atoms with E-state index in [1.165, 1.54) is 23.3 Å². The summed E-state index contributed by atoms with van der Waals surface area (Å²) in [5, 5.41) is 8.26. The monoisotopic (exact) mass is 383 g/mol. The molecule has 0 N–H and O–H groups in total. The number of hydrogen-bond donors (Lipinski definition) is 0. The van der Waals surface area contributed by atoms with Crippen molar-refractivity contribution in [1.29, 1.82) is 0 Å². The molecule has 9 heteroatoms. The number of fused-ring (bicyclic) bond motifs is 1. The van der Waals surface area contributed by atoms with Gasteiger partial charge < -0.3 is 9.47 Å². The van der Waals surface area contributed by atoms with E-state index >= 15 is 0 Å². The summed E-state index contributed by atoms with van der Waals surface area (Å²) >= 11 is 0. The molecule has 0 radical (unpaired) electrons. The van der Waals surface area contributed by atoms with Gasteiger partial charge in [0.25, 0.3) is 0 Å². The summed E-state index contributed by atoms with van der Waals surface area (Å²) in [5.74, 6) is 0.110. The molecule has 0 aliphatic heterocycles. The third-order valence-electron chi connectivity index (χ3n) is 3.67. The van der Waals surface area contributed by atoms with Gasteiger partial charge in [-0.3, -0.25) is 9.13 Å². The molecule has 0 saturated heterocycles. The minimum atomic E-state index is -0.648. The van der Waals surface area contributed by atoms with E-state index in [2.05, 4.69) is 15.2 Å². The third-order valence-corrected chi connectivity index (χ3v) is 3.67. The Morgan fingerprint density at radius 1 is 1.21 bits per heavy atom. The van der Waals surface area contributed by atoms with Gasteiger partial charge in [0.15, 0.2) is 0 Å². The first-order valence-electron chi connectivity index (χ1n) is 8.73. The molecule has 0 aliphatic rings. The van der Waals surface area contributed by atoms with Crippen molar-refractivity contribution in [2.75, 3.05) is 6.61 Å². The summed E-state index contributed by atoms with van der Waals surface area (Å²) in [6.45, 7) is 7.39. The predicted molar refractivity (Wildman–Crippen MR) is 102 cm³/mol. The Balaban J connectivity index is 2.09. The SMILES string of the molecule is CCOC(=O)C=Cc1cn(C(=O)OC(C)(C)C)c2cnc(-n3cnnc3)cc12. The fraction of sp³-hybridized carbons (Fsp3) is 0.316. The molecule has 0 unspecified atom stereocenters. The minimum absolute atomic E-state index is 0.282. The highest BCUT2D eigenvalue weighted by molar-refractivity contribution is 5.98. The van der Waals surface area contributed by atoms with Gasteiger partial charge in [-0.25, -0.2) is 14.6 Å². The summed E-state index contributed by atoms with van der Waals surface area (Å²) in [7, 11) is 0. The van der Waals surface area contributed by atoms with Crippen molar-refractivity contribution in [2.45, 2.75) is 33.3 Å². The van der Waals surface area contributed by atoms with Crippen LogP contribution in [0.25, 0.3) is 22.8 Å². The van der Waals surface area contributed by atoms with Crippen molar-refractivity contribution in [2.24, 2.45) is 0 Å². The van der Waals surface area contributed by atoms with Gasteiger partial charge in [0, 0.05) is 23.2 Å². The van der Waals surface area contributed by atoms with Crippen molar-refractivity contribution in [3.63, 3.8) is 0 Å². The average Bonchev–Trinajstić information content (AvgIpc) is 3.26. The lowest BCUT2D eigenvalue weighted by atomic mass is 10.2. The van der Waals surface area contributed by atoms with E-state index in [-0.39, 0.29) is 6.61 Å². The molecule has 146 valence electrons. The largest absolute Gasteiger partial charge is 0.463 e. The molecule has 3 heterocycles. The Bertz CT molecular complexity index is 1030. The van der Waals surface area contributed by atoms with Crippen LogP contribution in [0.4, 0.5) is 4.79 Å². The Morgan fingerprint density at radius 3 is 2.57 bits per heavy atom. The molecule has 9 nitrogen and oxygen atoms in total. The quantitative estimate of drug-likeness (QED) is 0.504. The molecular weight excluding hydrogens is 362 g/mol. The van der Waals surface area contributed by atoms with Crippen molar-refractivity contribution in [3.8, 4) is 5.82 Å². The van der Waals surface area contributed by atoms with Crippen molar-refractivity contribution >= 4 is 29.0 Å². The zero-order valence-electron chi connectivity index (χ0n) is 16.1. The van der Waals surface area contributed by atoms with E-state index in [4.69, 9.17) is 9.47 Å². The van der Waals surface area contributed by atoms with Crippen LogP contribution in [0.3, 0.4) is 0 Å². The fourth-order valence-corrected chi connectivity index (χ4v) is 2.54. The third kappa shape index (κ3) is 4.25. The van der Waals surface area contributed by atoms with E-state index in [1.54, 1.807) is 56.8 Å². The second kappa shape index (κ2) is 7.63. The molecule has 0 aliphatic carbocycles. The zero-order chi connectivity index (χ0) is 20.3. The Labute approximate surface area is 161 Å². The smallest absolute Gasteiger partial charge is 0.419 e. The second-order valence-electron chi connectivity index (χ2n) is 6.95. The van der Waals surface area contributed by atoms with Gasteiger partial charge >= 0.3 is 12.1 Å². The van der Waals surface area contributed by atoms with Crippen LogP contribution in [0.15, 0.2) is 37.2 Å². The van der Waals surface area contributed by atoms with Crippen LogP contribution < -0.4 is 0 Å². The van der Waals surface area contributed by atoms with Crippen LogP contribution in [0.5, 0.6) is 0 Å². The number of carbonyl (C=O) groups is 2. The van der Waals surface area contributed by atoms with Crippen LogP contribution in [0.1, 0.15) is 33.3 Å². The van der Waals surface area contributed by atoms with Gasteiger partial charge in [0.05, 0.1) is 18.3 Å². The van der Waals surface area contributed by atoms with Crippen LogP contribution in [-0.4, -0.2) is 48.6 Å². The van der Waals surface area contributed by atoms with Crippen LogP contribution >= 0.6 is 0 Å². The van der Waals surface area contributed by atoms with E-state index < -0.39 is 17.7 Å². The highest BCUT2D eigenvalue weighted by atomic mass is 16.6. The lowest BCUT2D eigenvalue weighted by Crippen LogP contribution is -2.26. The Morgan fingerprint density at radius 2 is 1.93 bits per heavy atom. The summed E-state index contributed by atoms with van der Waals surface area (Å²) in [5.41, 5.74) is 0.546. The molecule has 0 atom stereocenters. The molecule has 0 saturated carbocycles. The molecule has 3 aromatic rings. The lowest BCUT2D eigenvalue weighted by molar-refractivity contribution is -0.137. The van der Waals surface area contributed by atoms with Gasteiger partial charge in [0.1, 0.15) is 24.1 Å². The molecule has 0 bridgehead atoms. The summed E-state index contributed by atoms with van der Waals surface area (Å²) < 4.78 is 13.4. The first kappa shape index (κ1) is 19.3. The highest BCUT2D eigenvalue weighted by Gasteiger charge is 2.21. The van der Waals surface area contributed by atoms with Gasteiger partial charge in [0.2, 0.25) is 0 Å². The zero-order valence-corrected chi connectivity index (χ0v) is 16.1. The van der Waals surface area contributed by atoms with Crippen LogP contribution in [0, 0.1) is 0 Å². The summed E-state index contributed by atoms with van der Waals surface area (Å²) in [6, 6.07) is 1.78. The summed E-state index contributed by atoms with van der Waals surface area (Å²) in [6.07, 6.45) is 8.59. The molecule has 0 spiro atoms. The maximum Gasteiger partial charge on any atom is 0.419 e. The number of nitrogens with zero attached hydrogens (tertiary/aromatic N) is 5. The first-order valence-corrected chi connectivity index (χ1v) is 8.73. The van der Waals surface area contributed by atoms with Gasteiger partial charge in [-0.1, -0.05) is 0 Å². The second-order valence-corrected chi connectivity index (χ2v) is 6.95. The minimum Gasteiger partial charge on any atom is -0.463 e. The van der Waals surface area contributed by atoms with Crippen LogP contribution in [0.2, 0.25) is 0 Å². The topological polar surface area (TPSA) is 101 Å². The standard InChI is InChI=1S/C19H21N5O4/c1-5-27-17(25)7-6-13-10-24(18(26)28-19(2,3)4)15-9-20-16(8-14(13)15)23-11-21-22-12-23/h6-12H,5H2,1-4H3. The van der Waals surface area contributed by atoms with Crippen molar-refractivity contribution < 1.29 is 19.1 Å². The maximum absolute atomic E-state index is 12.6. The number of hydrogen-bond acceptors (Lipinski definition) is 7. The highest BCUT2D eigenvalue weighted by Crippen LogP contribution is 2.25. The maximum atomic E-state index is 12.6. The van der Waals surface area contributed by atoms with Gasteiger partial charge in [-0.05, 0) is 39.8 Å². The molecule has 0 amide bonds. The predicted octanol–water partition coefficient (Wildman–Crippen LogP) is 2.98. The van der Waals surface area contributed by atoms with Crippen molar-refractivity contribution in [3.05, 3.63) is 42.8 Å². The number of esters is 1. The number of rotatable bonds is 4. The number of aromatic nitrogens is 5. The Kier molecular flexibility index (Phi) is 5.25. The fourth-order valence-electron chi connectivity index (χ4n) is 2.54. The van der Waals surface area contributed by atoms with Crippen LogP contribution in [-0.2, 0) is 14.3 Å². The molecule has 3 rings (SSSR count). The first-order chi connectivity index (χ1) is 13.3. The summed E-state index contributed by atoms with van der Waals surface area (Å²) in [4.78, 5) is 28.7. The number of pyridine rings is 1. The molecule has 0 fully saturated rings. The van der Waals surface area contributed by atoms with E-state index in [1.807, 2.05) is 0 Å². The molecule has 28 heavy (non-hydrogen) atoms. The molecule has 0 aromatic carbocycles. The average molecular weight is 383 g/mol. The van der Waals surface area contributed by atoms with E-state index in [0.29, 0.717) is 22.3 Å². The molecular formula is C19H21N5O4. The number of carbonyl (C=O) groups excluding carboxylic acids is 2. The van der Waals surface area contributed by atoms with Gasteiger partial charge in [-0.2, -0.15) is 0 Å². The molecule has 3 aromatic heterocycles. The number of ether oxygens (including phenoxy) is 2. The Hall–Kier alpha value is -3.49. The van der Waals surface area contributed by atoms with E-state index in [9.17, 15) is 9.59 Å². The lowest BCUT2D eigenvalue weighted by Gasteiger charge is -2.19. The van der Waals surface area contributed by atoms with E-state index in [0.717, 1.165) is 0 Å². The van der Waals surface area contributed by atoms with Gasteiger partial charge in [-0.15, -0.1) is 10.2 Å². The van der Waals surface area contributed by atoms with Crippen molar-refractivity contribution in [1.82, 2.24) is 24.3 Å². The normalized spacial score (nSPS) is 11.9.